The number of piperidine rings is 1. The molecule has 0 spiro atoms. The van der Waals surface area contributed by atoms with E-state index in [1.807, 2.05) is 49.7 Å². The number of pyridine rings is 1. The maximum absolute atomic E-state index is 13.3. The zero-order valence-corrected chi connectivity index (χ0v) is 27.2. The Morgan fingerprint density at radius 2 is 1.59 bits per heavy atom. The molecule has 2 aromatic carbocycles. The number of benzene rings is 2. The Kier molecular flexibility index (Phi) is 8.15. The van der Waals surface area contributed by atoms with Crippen LogP contribution >= 0.6 is 0 Å². The number of fused-ring (bicyclic) bond motifs is 3. The molecule has 2 N–H and O–H groups in total. The van der Waals surface area contributed by atoms with Crippen LogP contribution in [0.25, 0.3) is 11.0 Å². The standard InChI is InChI=1S/C36H44N8O2/c1-23-31(12-13-32-34(23)38-22-42(32)4)36(46)40-27-19-29-10-11-30(20-27)44(29)33-14-7-26(21-37-33)35(45)39-24(2)25-5-8-28(9-6-25)43-17-15-41(3)16-18-43/h5-9,12-14,21-22,24,27,29-30H,10-11,15-20H2,1-4H3,(H,39,45)(H,40,46)/t24-,27?,29?,30?/m0/s1. The number of nitrogens with one attached hydrogen (secondary N) is 2. The fourth-order valence-corrected chi connectivity index (χ4v) is 7.59. The summed E-state index contributed by atoms with van der Waals surface area (Å²) in [6, 6.07) is 16.9. The lowest BCUT2D eigenvalue weighted by Gasteiger charge is -2.40. The zero-order valence-electron chi connectivity index (χ0n) is 27.2. The van der Waals surface area contributed by atoms with Crippen LogP contribution in [0.15, 0.2) is 61.1 Å². The van der Waals surface area contributed by atoms with Crippen LogP contribution in [0, 0.1) is 6.92 Å². The van der Waals surface area contributed by atoms with Crippen LogP contribution in [0.1, 0.15) is 70.5 Å². The maximum atomic E-state index is 13.3. The summed E-state index contributed by atoms with van der Waals surface area (Å²) < 4.78 is 1.97. The Labute approximate surface area is 270 Å². The highest BCUT2D eigenvalue weighted by molar-refractivity contribution is 6.00. The molecule has 3 atom stereocenters. The molecule has 5 heterocycles. The first-order chi connectivity index (χ1) is 22.2. The first kappa shape index (κ1) is 30.2. The van der Waals surface area contributed by atoms with Crippen LogP contribution in [0.4, 0.5) is 11.5 Å². The lowest BCUT2D eigenvalue weighted by Crippen LogP contribution is -2.50. The van der Waals surface area contributed by atoms with Gasteiger partial charge in [-0.3, -0.25) is 9.59 Å². The fourth-order valence-electron chi connectivity index (χ4n) is 7.59. The molecule has 10 heteroatoms. The van der Waals surface area contributed by atoms with E-state index >= 15 is 0 Å². The quantitative estimate of drug-likeness (QED) is 0.315. The second-order valence-corrected chi connectivity index (χ2v) is 13.4. The van der Waals surface area contributed by atoms with Crippen LogP contribution in [0.2, 0.25) is 0 Å². The molecule has 0 saturated carbocycles. The summed E-state index contributed by atoms with van der Waals surface area (Å²) in [5.74, 6) is 0.743. The summed E-state index contributed by atoms with van der Waals surface area (Å²) in [5.41, 5.74) is 6.36. The number of likely N-dealkylation sites (N-methyl/N-ethyl adjacent to an activating group) is 1. The van der Waals surface area contributed by atoms with Crippen molar-refractivity contribution >= 4 is 34.4 Å². The van der Waals surface area contributed by atoms with Gasteiger partial charge in [-0.2, -0.15) is 0 Å². The Balaban J connectivity index is 0.946. The van der Waals surface area contributed by atoms with Gasteiger partial charge in [0.1, 0.15) is 5.82 Å². The summed E-state index contributed by atoms with van der Waals surface area (Å²) in [5, 5.41) is 6.46. The van der Waals surface area contributed by atoms with E-state index in [2.05, 4.69) is 61.6 Å². The first-order valence-corrected chi connectivity index (χ1v) is 16.6. The minimum Gasteiger partial charge on any atom is -0.369 e. The minimum absolute atomic E-state index is 0.0309. The Hall–Kier alpha value is -4.44. The zero-order chi connectivity index (χ0) is 31.9. The number of carbonyl (C=O) groups is 2. The number of aromatic nitrogens is 3. The Morgan fingerprint density at radius 1 is 0.870 bits per heavy atom. The highest BCUT2D eigenvalue weighted by atomic mass is 16.2. The van der Waals surface area contributed by atoms with Crippen molar-refractivity contribution in [1.29, 1.82) is 0 Å². The van der Waals surface area contributed by atoms with Gasteiger partial charge in [0, 0.05) is 68.8 Å². The first-order valence-electron chi connectivity index (χ1n) is 16.6. The Bertz CT molecular complexity index is 1710. The average molecular weight is 621 g/mol. The molecule has 3 aliphatic heterocycles. The van der Waals surface area contributed by atoms with Crippen molar-refractivity contribution in [3.05, 3.63) is 83.3 Å². The number of imidazole rings is 1. The van der Waals surface area contributed by atoms with Crippen molar-refractivity contribution in [3.63, 3.8) is 0 Å². The molecular weight excluding hydrogens is 576 g/mol. The van der Waals surface area contributed by atoms with E-state index in [0.717, 1.165) is 79.8 Å². The molecule has 4 aromatic rings. The van der Waals surface area contributed by atoms with Gasteiger partial charge in [-0.1, -0.05) is 12.1 Å². The third-order valence-corrected chi connectivity index (χ3v) is 10.3. The van der Waals surface area contributed by atoms with Crippen LogP contribution in [0.5, 0.6) is 0 Å². The lowest BCUT2D eigenvalue weighted by atomic mass is 9.96. The molecule has 2 bridgehead atoms. The average Bonchev–Trinajstić information content (AvgIpc) is 3.57. The second-order valence-electron chi connectivity index (χ2n) is 13.4. The summed E-state index contributed by atoms with van der Waals surface area (Å²) in [6.07, 6.45) is 7.38. The molecule has 7 rings (SSSR count). The molecule has 2 unspecified atom stereocenters. The molecule has 10 nitrogen and oxygen atoms in total. The number of nitrogens with zero attached hydrogens (tertiary/aromatic N) is 6. The van der Waals surface area contributed by atoms with Crippen LogP contribution < -0.4 is 20.4 Å². The monoisotopic (exact) mass is 620 g/mol. The molecule has 2 aromatic heterocycles. The predicted molar refractivity (Wildman–Crippen MR) is 181 cm³/mol. The molecular formula is C36H44N8O2. The maximum Gasteiger partial charge on any atom is 0.253 e. The van der Waals surface area contributed by atoms with Crippen molar-refractivity contribution in [2.24, 2.45) is 7.05 Å². The van der Waals surface area contributed by atoms with Crippen LogP contribution in [0.3, 0.4) is 0 Å². The van der Waals surface area contributed by atoms with Gasteiger partial charge in [0.2, 0.25) is 0 Å². The number of hydrogen-bond acceptors (Lipinski definition) is 7. The van der Waals surface area contributed by atoms with E-state index in [4.69, 9.17) is 4.98 Å². The van der Waals surface area contributed by atoms with Gasteiger partial charge in [0.25, 0.3) is 11.8 Å². The van der Waals surface area contributed by atoms with Gasteiger partial charge in [-0.15, -0.1) is 0 Å². The molecule has 0 aliphatic carbocycles. The molecule has 3 saturated heterocycles. The van der Waals surface area contributed by atoms with Crippen molar-refractivity contribution in [2.75, 3.05) is 43.0 Å². The fraction of sp³-hybridized carbons (Fsp3) is 0.444. The topological polar surface area (TPSA) is 98.6 Å². The van der Waals surface area contributed by atoms with E-state index in [1.54, 1.807) is 12.5 Å². The largest absolute Gasteiger partial charge is 0.369 e. The van der Waals surface area contributed by atoms with E-state index in [1.165, 1.54) is 5.69 Å². The van der Waals surface area contributed by atoms with E-state index in [-0.39, 0.29) is 23.9 Å². The lowest BCUT2D eigenvalue weighted by molar-refractivity contribution is 0.0922. The van der Waals surface area contributed by atoms with Gasteiger partial charge >= 0.3 is 0 Å². The van der Waals surface area contributed by atoms with Crippen molar-refractivity contribution in [3.8, 4) is 0 Å². The molecule has 0 radical (unpaired) electrons. The third-order valence-electron chi connectivity index (χ3n) is 10.3. The predicted octanol–water partition coefficient (Wildman–Crippen LogP) is 4.45. The SMILES string of the molecule is Cc1c(C(=O)NC2CC3CCC(C2)N3c2ccc(C(=O)N[C@@H](C)c3ccc(N4CCN(C)CC4)cc3)cn2)ccc2c1ncn2C. The molecule has 3 aliphatic rings. The number of piperazine rings is 1. The van der Waals surface area contributed by atoms with Crippen LogP contribution in [-0.2, 0) is 7.05 Å². The second kappa shape index (κ2) is 12.4. The van der Waals surface area contributed by atoms with Crippen molar-refractivity contribution < 1.29 is 9.59 Å². The number of hydrogen-bond donors (Lipinski definition) is 2. The Morgan fingerprint density at radius 3 is 2.26 bits per heavy atom. The summed E-state index contributed by atoms with van der Waals surface area (Å²) in [6.45, 7) is 8.20. The van der Waals surface area contributed by atoms with Crippen molar-refractivity contribution in [1.82, 2.24) is 30.1 Å². The van der Waals surface area contributed by atoms with E-state index < -0.39 is 0 Å². The summed E-state index contributed by atoms with van der Waals surface area (Å²) in [4.78, 5) is 42.9. The van der Waals surface area contributed by atoms with Gasteiger partial charge in [-0.05, 0) is 94.1 Å². The van der Waals surface area contributed by atoms with Gasteiger partial charge in [0.15, 0.2) is 0 Å². The molecule has 46 heavy (non-hydrogen) atoms. The highest BCUT2D eigenvalue weighted by Crippen LogP contribution is 2.39. The van der Waals surface area contributed by atoms with Gasteiger partial charge in [-0.25, -0.2) is 9.97 Å². The number of carbonyl (C=O) groups excluding carboxylic acids is 2. The molecule has 3 fully saturated rings. The smallest absolute Gasteiger partial charge is 0.253 e. The number of rotatable bonds is 7. The summed E-state index contributed by atoms with van der Waals surface area (Å²) >= 11 is 0. The number of amides is 2. The number of aryl methyl sites for hydroxylation is 2. The highest BCUT2D eigenvalue weighted by Gasteiger charge is 2.42. The van der Waals surface area contributed by atoms with Gasteiger partial charge in [0.05, 0.1) is 29.0 Å². The third kappa shape index (κ3) is 5.82. The minimum atomic E-state index is -0.127. The molecule has 2 amide bonds. The van der Waals surface area contributed by atoms with E-state index in [0.29, 0.717) is 23.2 Å². The summed E-state index contributed by atoms with van der Waals surface area (Å²) in [7, 11) is 4.13. The van der Waals surface area contributed by atoms with Crippen LogP contribution in [-0.4, -0.2) is 82.6 Å². The molecule has 240 valence electrons. The normalized spacial score (nSPS) is 22.2. The number of anilines is 2. The van der Waals surface area contributed by atoms with E-state index in [9.17, 15) is 9.59 Å². The van der Waals surface area contributed by atoms with Gasteiger partial charge < -0.3 is 29.9 Å². The van der Waals surface area contributed by atoms with Crippen molar-refractivity contribution in [2.45, 2.75) is 63.7 Å².